The van der Waals surface area contributed by atoms with Crippen LogP contribution in [0.5, 0.6) is 5.88 Å². The third kappa shape index (κ3) is 2.58. The Morgan fingerprint density at radius 2 is 2.25 bits per heavy atom. The molecule has 8 heavy (non-hydrogen) atoms. The summed E-state index contributed by atoms with van der Waals surface area (Å²) >= 11 is 1.38. The molecule has 0 aromatic carbocycles. The lowest BCUT2D eigenvalue weighted by atomic mass is 10.9. The maximum Gasteiger partial charge on any atom is 0.221 e. The van der Waals surface area contributed by atoms with Gasteiger partial charge in [0, 0.05) is 0 Å². The molecule has 3 heteroatoms. The fraction of sp³-hybridized carbons (Fsp3) is 0.400. The van der Waals surface area contributed by atoms with Crippen molar-refractivity contribution in [3.63, 3.8) is 0 Å². The van der Waals surface area contributed by atoms with Gasteiger partial charge in [-0.2, -0.15) is 0 Å². The predicted octanol–water partition coefficient (Wildman–Crippen LogP) is 1.87. The van der Waals surface area contributed by atoms with E-state index in [0.717, 1.165) is 0 Å². The van der Waals surface area contributed by atoms with Gasteiger partial charge in [0.05, 0.1) is 10.9 Å². The smallest absolute Gasteiger partial charge is 0.221 e. The van der Waals surface area contributed by atoms with E-state index in [4.69, 9.17) is 5.11 Å². The molecular weight excluding hydrogens is 122 g/mol. The minimum Gasteiger partial charge on any atom is -0.493 e. The molecule has 0 amide bonds. The van der Waals surface area contributed by atoms with Crippen molar-refractivity contribution in [2.45, 2.75) is 13.8 Å². The Morgan fingerprint density at radius 3 is 2.38 bits per heavy atom. The second-order valence-corrected chi connectivity index (χ2v) is 1.57. The van der Waals surface area contributed by atoms with Crippen LogP contribution in [-0.4, -0.2) is 10.1 Å². The first-order valence-corrected chi connectivity index (χ1v) is 3.41. The summed E-state index contributed by atoms with van der Waals surface area (Å²) in [6.07, 6.45) is 0. The molecule has 0 spiro atoms. The van der Waals surface area contributed by atoms with Gasteiger partial charge in [-0.15, -0.1) is 11.3 Å². The number of hydrogen-bond acceptors (Lipinski definition) is 3. The molecule has 0 bridgehead atoms. The van der Waals surface area contributed by atoms with E-state index in [0.29, 0.717) is 0 Å². The molecule has 0 atom stereocenters. The van der Waals surface area contributed by atoms with Crippen LogP contribution in [0, 0.1) is 0 Å². The first-order valence-electron chi connectivity index (χ1n) is 2.47. The molecule has 1 aromatic heterocycles. The van der Waals surface area contributed by atoms with E-state index < -0.39 is 0 Å². The largest absolute Gasteiger partial charge is 0.493 e. The monoisotopic (exact) mass is 131 g/mol. The van der Waals surface area contributed by atoms with Crippen LogP contribution < -0.4 is 0 Å². The molecule has 0 radical (unpaired) electrons. The molecule has 1 aromatic rings. The zero-order chi connectivity index (χ0) is 6.41. The van der Waals surface area contributed by atoms with Crippen molar-refractivity contribution in [1.82, 2.24) is 4.98 Å². The zero-order valence-electron chi connectivity index (χ0n) is 4.96. The molecule has 1 N–H and O–H groups in total. The number of nitrogens with zero attached hydrogens (tertiary/aromatic N) is 1. The van der Waals surface area contributed by atoms with Gasteiger partial charge < -0.3 is 5.11 Å². The molecule has 0 saturated carbocycles. The Morgan fingerprint density at radius 1 is 1.62 bits per heavy atom. The third-order valence-electron chi connectivity index (χ3n) is 0.419. The molecule has 0 aliphatic heterocycles. The normalized spacial score (nSPS) is 7.25. The van der Waals surface area contributed by atoms with Crippen molar-refractivity contribution in [3.05, 3.63) is 10.9 Å². The van der Waals surface area contributed by atoms with Crippen molar-refractivity contribution in [2.75, 3.05) is 0 Å². The third-order valence-corrected chi connectivity index (χ3v) is 0.993. The summed E-state index contributed by atoms with van der Waals surface area (Å²) in [6.45, 7) is 4.00. The fourth-order valence-corrected chi connectivity index (χ4v) is 0.618. The standard InChI is InChI=1S/C3H3NOS.C2H6/c5-3-1-6-2-4-3;1-2/h1-2,5H;1-2H3. The maximum absolute atomic E-state index is 8.37. The second kappa shape index (κ2) is 4.59. The van der Waals surface area contributed by atoms with Crippen LogP contribution >= 0.6 is 11.3 Å². The first-order chi connectivity index (χ1) is 3.89. The van der Waals surface area contributed by atoms with E-state index >= 15 is 0 Å². The Balaban J connectivity index is 0.000000222. The molecule has 0 saturated heterocycles. The van der Waals surface area contributed by atoms with Crippen LogP contribution in [0.25, 0.3) is 0 Å². The summed E-state index contributed by atoms with van der Waals surface area (Å²) in [5, 5.41) is 9.94. The Bertz CT molecular complexity index is 116. The number of aromatic nitrogens is 1. The van der Waals surface area contributed by atoms with Gasteiger partial charge in [-0.3, -0.25) is 0 Å². The highest BCUT2D eigenvalue weighted by Crippen LogP contribution is 2.04. The average Bonchev–Trinajstić information content (AvgIpc) is 2.24. The molecule has 0 aliphatic rings. The van der Waals surface area contributed by atoms with Crippen molar-refractivity contribution in [1.29, 1.82) is 0 Å². The highest BCUT2D eigenvalue weighted by atomic mass is 32.1. The summed E-state index contributed by atoms with van der Waals surface area (Å²) < 4.78 is 0. The van der Waals surface area contributed by atoms with Crippen molar-refractivity contribution >= 4 is 11.3 Å². The van der Waals surface area contributed by atoms with Crippen LogP contribution in [-0.2, 0) is 0 Å². The Kier molecular flexibility index (Phi) is 4.26. The van der Waals surface area contributed by atoms with E-state index in [9.17, 15) is 0 Å². The van der Waals surface area contributed by atoms with Crippen LogP contribution in [0.2, 0.25) is 0 Å². The molecule has 2 nitrogen and oxygen atoms in total. The van der Waals surface area contributed by atoms with E-state index in [1.54, 1.807) is 10.9 Å². The molecule has 1 rings (SSSR count). The summed E-state index contributed by atoms with van der Waals surface area (Å²) in [5.74, 6) is 0.111. The van der Waals surface area contributed by atoms with Gasteiger partial charge in [-0.25, -0.2) is 4.98 Å². The van der Waals surface area contributed by atoms with Gasteiger partial charge in [-0.1, -0.05) is 13.8 Å². The van der Waals surface area contributed by atoms with Crippen molar-refractivity contribution < 1.29 is 5.11 Å². The van der Waals surface area contributed by atoms with Crippen LogP contribution in [0.3, 0.4) is 0 Å². The summed E-state index contributed by atoms with van der Waals surface area (Å²) in [5.41, 5.74) is 1.58. The van der Waals surface area contributed by atoms with Crippen molar-refractivity contribution in [3.8, 4) is 5.88 Å². The lowest BCUT2D eigenvalue weighted by Gasteiger charge is -1.66. The highest BCUT2D eigenvalue weighted by Gasteiger charge is 1.79. The second-order valence-electron chi connectivity index (χ2n) is 0.847. The quantitative estimate of drug-likeness (QED) is 0.583. The molecule has 46 valence electrons. The van der Waals surface area contributed by atoms with Gasteiger partial charge in [0.2, 0.25) is 5.88 Å². The van der Waals surface area contributed by atoms with Crippen LogP contribution in [0.1, 0.15) is 13.8 Å². The Hall–Kier alpha value is -0.570. The lowest BCUT2D eigenvalue weighted by molar-refractivity contribution is 0.457. The SMILES string of the molecule is CC.Oc1cscn1. The topological polar surface area (TPSA) is 33.1 Å². The van der Waals surface area contributed by atoms with Crippen LogP contribution in [0.15, 0.2) is 10.9 Å². The predicted molar refractivity (Wildman–Crippen MR) is 35.1 cm³/mol. The average molecular weight is 131 g/mol. The van der Waals surface area contributed by atoms with Gasteiger partial charge >= 0.3 is 0 Å². The molecule has 0 fully saturated rings. The summed E-state index contributed by atoms with van der Waals surface area (Å²) in [7, 11) is 0. The van der Waals surface area contributed by atoms with E-state index in [2.05, 4.69) is 4.98 Å². The van der Waals surface area contributed by atoms with E-state index in [-0.39, 0.29) is 5.88 Å². The van der Waals surface area contributed by atoms with Crippen LogP contribution in [0.4, 0.5) is 0 Å². The van der Waals surface area contributed by atoms with Gasteiger partial charge in [-0.05, 0) is 0 Å². The molecular formula is C5H9NOS. The van der Waals surface area contributed by atoms with Gasteiger partial charge in [0.25, 0.3) is 0 Å². The minimum absolute atomic E-state index is 0.111. The first kappa shape index (κ1) is 7.43. The highest BCUT2D eigenvalue weighted by molar-refractivity contribution is 7.07. The molecule has 1 heterocycles. The van der Waals surface area contributed by atoms with Gasteiger partial charge in [0.1, 0.15) is 0 Å². The number of thiazole rings is 1. The van der Waals surface area contributed by atoms with E-state index in [1.807, 2.05) is 13.8 Å². The summed E-state index contributed by atoms with van der Waals surface area (Å²) in [6, 6.07) is 0. The summed E-state index contributed by atoms with van der Waals surface area (Å²) in [4.78, 5) is 3.49. The van der Waals surface area contributed by atoms with E-state index in [1.165, 1.54) is 11.3 Å². The number of aromatic hydroxyl groups is 1. The minimum atomic E-state index is 0.111. The number of hydrogen-bond donors (Lipinski definition) is 1. The van der Waals surface area contributed by atoms with Gasteiger partial charge in [0.15, 0.2) is 0 Å². The fourth-order valence-electron chi connectivity index (χ4n) is 0.206. The maximum atomic E-state index is 8.37. The lowest BCUT2D eigenvalue weighted by Crippen LogP contribution is -1.51. The zero-order valence-corrected chi connectivity index (χ0v) is 5.77. The van der Waals surface area contributed by atoms with Crippen molar-refractivity contribution in [2.24, 2.45) is 0 Å². The molecule has 0 aliphatic carbocycles. The molecule has 0 unspecified atom stereocenters. The number of rotatable bonds is 0. The Labute approximate surface area is 52.8 Å².